The van der Waals surface area contributed by atoms with Crippen molar-refractivity contribution in [1.82, 2.24) is 14.1 Å². The first-order valence-electron chi connectivity index (χ1n) is 11.1. The Morgan fingerprint density at radius 2 is 1.53 bits per heavy atom. The molecule has 0 aromatic heterocycles. The normalized spacial score (nSPS) is 18.7. The molecule has 0 bridgehead atoms. The maximum absolute atomic E-state index is 13.1. The van der Waals surface area contributed by atoms with Crippen LogP contribution < -0.4 is 0 Å². The highest BCUT2D eigenvalue weighted by Crippen LogP contribution is 2.27. The van der Waals surface area contributed by atoms with Crippen LogP contribution in [0.25, 0.3) is 10.8 Å². The number of benzene rings is 2. The zero-order valence-corrected chi connectivity index (χ0v) is 19.1. The molecule has 2 aromatic carbocycles. The third-order valence-electron chi connectivity index (χ3n) is 6.28. The summed E-state index contributed by atoms with van der Waals surface area (Å²) in [7, 11) is -3.60. The van der Waals surface area contributed by atoms with Crippen molar-refractivity contribution in [2.24, 2.45) is 5.92 Å². The lowest BCUT2D eigenvalue weighted by atomic mass is 9.96. The summed E-state index contributed by atoms with van der Waals surface area (Å²) in [6.45, 7) is 4.63. The molecule has 2 heterocycles. The van der Waals surface area contributed by atoms with E-state index in [1.807, 2.05) is 30.3 Å². The van der Waals surface area contributed by atoms with Crippen LogP contribution >= 0.6 is 0 Å². The molecule has 0 N–H and O–H groups in total. The van der Waals surface area contributed by atoms with Gasteiger partial charge in [-0.3, -0.25) is 4.79 Å². The Morgan fingerprint density at radius 1 is 0.906 bits per heavy atom. The summed E-state index contributed by atoms with van der Waals surface area (Å²) in [6, 6.07) is 12.9. The molecule has 32 heavy (non-hydrogen) atoms. The molecule has 2 saturated heterocycles. The molecule has 0 spiro atoms. The van der Waals surface area contributed by atoms with E-state index in [0.29, 0.717) is 58.7 Å². The fourth-order valence-corrected chi connectivity index (χ4v) is 5.91. The largest absolute Gasteiger partial charge is 0.450 e. The lowest BCUT2D eigenvalue weighted by Gasteiger charge is -2.38. The standard InChI is InChI=1S/C23H29N3O5S/c1-2-31-23(28)25-15-13-24(14-16-25)22(27)19-9-11-26(12-10-19)32(29,30)21-8-7-18-5-3-4-6-20(18)17-21/h3-8,17,19H,2,9-16H2,1H3. The van der Waals surface area contributed by atoms with Gasteiger partial charge >= 0.3 is 6.09 Å². The summed E-state index contributed by atoms with van der Waals surface area (Å²) in [5.41, 5.74) is 0. The Hall–Kier alpha value is -2.65. The summed E-state index contributed by atoms with van der Waals surface area (Å²) in [5.74, 6) is -0.136. The fraction of sp³-hybridized carbons (Fsp3) is 0.478. The van der Waals surface area contributed by atoms with Crippen LogP contribution in [0.15, 0.2) is 47.4 Å². The molecule has 0 radical (unpaired) electrons. The lowest BCUT2D eigenvalue weighted by Crippen LogP contribution is -2.53. The van der Waals surface area contributed by atoms with Gasteiger partial charge in [-0.2, -0.15) is 4.31 Å². The third kappa shape index (κ3) is 4.59. The van der Waals surface area contributed by atoms with Gasteiger partial charge in [0, 0.05) is 45.2 Å². The van der Waals surface area contributed by atoms with Crippen molar-refractivity contribution in [3.63, 3.8) is 0 Å². The van der Waals surface area contributed by atoms with Crippen LogP contribution in [0.4, 0.5) is 4.79 Å². The number of sulfonamides is 1. The number of rotatable bonds is 4. The molecule has 0 aliphatic carbocycles. The first-order valence-corrected chi connectivity index (χ1v) is 12.5. The van der Waals surface area contributed by atoms with Crippen LogP contribution in [-0.4, -0.2) is 80.4 Å². The zero-order valence-electron chi connectivity index (χ0n) is 18.3. The van der Waals surface area contributed by atoms with Crippen LogP contribution in [0.1, 0.15) is 19.8 Å². The summed E-state index contributed by atoms with van der Waals surface area (Å²) in [5, 5.41) is 1.89. The predicted molar refractivity (Wildman–Crippen MR) is 121 cm³/mol. The van der Waals surface area contributed by atoms with Gasteiger partial charge in [0.25, 0.3) is 0 Å². The summed E-state index contributed by atoms with van der Waals surface area (Å²) in [6.07, 6.45) is 0.666. The molecule has 2 amide bonds. The molecule has 0 unspecified atom stereocenters. The van der Waals surface area contributed by atoms with Gasteiger partial charge in [-0.05, 0) is 42.7 Å². The molecule has 0 saturated carbocycles. The molecule has 8 nitrogen and oxygen atoms in total. The van der Waals surface area contributed by atoms with Crippen molar-refractivity contribution in [2.75, 3.05) is 45.9 Å². The molecule has 9 heteroatoms. The Bertz CT molecular complexity index is 1090. The van der Waals surface area contributed by atoms with Crippen LogP contribution in [0, 0.1) is 5.92 Å². The SMILES string of the molecule is CCOC(=O)N1CCN(C(=O)C2CCN(S(=O)(=O)c3ccc4ccccc4c3)CC2)CC1. The molecule has 0 atom stereocenters. The van der Waals surface area contributed by atoms with Gasteiger partial charge in [0.2, 0.25) is 15.9 Å². The maximum atomic E-state index is 13.1. The second-order valence-electron chi connectivity index (χ2n) is 8.20. The van der Waals surface area contributed by atoms with Crippen molar-refractivity contribution < 1.29 is 22.7 Å². The van der Waals surface area contributed by atoms with E-state index in [4.69, 9.17) is 4.74 Å². The van der Waals surface area contributed by atoms with Crippen molar-refractivity contribution in [3.8, 4) is 0 Å². The number of ether oxygens (including phenoxy) is 1. The summed E-state index contributed by atoms with van der Waals surface area (Å²) < 4.78 is 32.8. The number of hydrogen-bond acceptors (Lipinski definition) is 5. The Kier molecular flexibility index (Phi) is 6.66. The smallest absolute Gasteiger partial charge is 0.409 e. The molecule has 2 aliphatic heterocycles. The average Bonchev–Trinajstić information content (AvgIpc) is 2.83. The minimum Gasteiger partial charge on any atom is -0.450 e. The number of piperidine rings is 1. The van der Waals surface area contributed by atoms with Crippen LogP contribution in [-0.2, 0) is 19.6 Å². The average molecular weight is 460 g/mol. The topological polar surface area (TPSA) is 87.2 Å². The highest BCUT2D eigenvalue weighted by molar-refractivity contribution is 7.89. The van der Waals surface area contributed by atoms with Crippen LogP contribution in [0.2, 0.25) is 0 Å². The van der Waals surface area contributed by atoms with Gasteiger partial charge in [-0.15, -0.1) is 0 Å². The van der Waals surface area contributed by atoms with E-state index >= 15 is 0 Å². The van der Waals surface area contributed by atoms with E-state index in [1.54, 1.807) is 28.9 Å². The Morgan fingerprint density at radius 3 is 2.19 bits per heavy atom. The molecule has 172 valence electrons. The molecule has 2 aliphatic rings. The maximum Gasteiger partial charge on any atom is 0.409 e. The second-order valence-corrected chi connectivity index (χ2v) is 10.1. The number of carbonyl (C=O) groups excluding carboxylic acids is 2. The van der Waals surface area contributed by atoms with Gasteiger partial charge in [0.1, 0.15) is 0 Å². The Balaban J connectivity index is 1.34. The molecular weight excluding hydrogens is 430 g/mol. The van der Waals surface area contributed by atoms with Gasteiger partial charge in [-0.1, -0.05) is 30.3 Å². The van der Waals surface area contributed by atoms with Gasteiger partial charge in [0.05, 0.1) is 11.5 Å². The van der Waals surface area contributed by atoms with Crippen molar-refractivity contribution in [3.05, 3.63) is 42.5 Å². The molecule has 2 fully saturated rings. The number of carbonyl (C=O) groups is 2. The summed E-state index contributed by atoms with van der Waals surface area (Å²) >= 11 is 0. The quantitative estimate of drug-likeness (QED) is 0.701. The van der Waals surface area contributed by atoms with Crippen molar-refractivity contribution >= 4 is 32.8 Å². The first-order chi connectivity index (χ1) is 15.4. The molecule has 4 rings (SSSR count). The number of amides is 2. The third-order valence-corrected chi connectivity index (χ3v) is 8.17. The Labute approximate surface area is 188 Å². The highest BCUT2D eigenvalue weighted by atomic mass is 32.2. The monoisotopic (exact) mass is 459 g/mol. The van der Waals surface area contributed by atoms with E-state index in [9.17, 15) is 18.0 Å². The number of piperazine rings is 1. The van der Waals surface area contributed by atoms with Crippen molar-refractivity contribution in [1.29, 1.82) is 0 Å². The number of hydrogen-bond donors (Lipinski definition) is 0. The minimum absolute atomic E-state index is 0.0521. The van der Waals surface area contributed by atoms with E-state index in [2.05, 4.69) is 0 Å². The first kappa shape index (κ1) is 22.5. The van der Waals surface area contributed by atoms with Crippen LogP contribution in [0.3, 0.4) is 0 Å². The van der Waals surface area contributed by atoms with E-state index in [0.717, 1.165) is 10.8 Å². The van der Waals surface area contributed by atoms with Gasteiger partial charge in [-0.25, -0.2) is 13.2 Å². The lowest BCUT2D eigenvalue weighted by molar-refractivity contribution is -0.138. The number of fused-ring (bicyclic) bond motifs is 1. The van der Waals surface area contributed by atoms with E-state index in [1.165, 1.54) is 4.31 Å². The van der Waals surface area contributed by atoms with E-state index < -0.39 is 10.0 Å². The number of nitrogens with zero attached hydrogens (tertiary/aromatic N) is 3. The van der Waals surface area contributed by atoms with Crippen LogP contribution in [0.5, 0.6) is 0 Å². The minimum atomic E-state index is -3.60. The fourth-order valence-electron chi connectivity index (χ4n) is 4.40. The zero-order chi connectivity index (χ0) is 22.7. The predicted octanol–water partition coefficient (Wildman–Crippen LogP) is 2.54. The van der Waals surface area contributed by atoms with Crippen molar-refractivity contribution in [2.45, 2.75) is 24.7 Å². The summed E-state index contributed by atoms with van der Waals surface area (Å²) in [4.78, 5) is 28.5. The molecule has 2 aromatic rings. The van der Waals surface area contributed by atoms with Gasteiger partial charge < -0.3 is 14.5 Å². The molecular formula is C23H29N3O5S. The second kappa shape index (κ2) is 9.46. The highest BCUT2D eigenvalue weighted by Gasteiger charge is 2.35. The van der Waals surface area contributed by atoms with Gasteiger partial charge in [0.15, 0.2) is 0 Å². The van der Waals surface area contributed by atoms with E-state index in [-0.39, 0.29) is 22.8 Å².